The van der Waals surface area contributed by atoms with Crippen LogP contribution in [0.2, 0.25) is 0 Å². The van der Waals surface area contributed by atoms with Crippen LogP contribution in [0.5, 0.6) is 0 Å². The lowest BCUT2D eigenvalue weighted by molar-refractivity contribution is -0.382. The molecule has 2 bridgehead atoms. The first-order valence-corrected chi connectivity index (χ1v) is 8.88. The number of hydrogen-bond acceptors (Lipinski definition) is 5. The second-order valence-electron chi connectivity index (χ2n) is 6.67. The van der Waals surface area contributed by atoms with E-state index in [9.17, 15) is 47.9 Å². The van der Waals surface area contributed by atoms with E-state index in [1.807, 2.05) is 0 Å². The van der Waals surface area contributed by atoms with Crippen LogP contribution in [-0.2, 0) is 23.8 Å². The minimum Gasteiger partial charge on any atom is -0.380 e. The van der Waals surface area contributed by atoms with Crippen LogP contribution in [0.1, 0.15) is 13.8 Å². The van der Waals surface area contributed by atoms with E-state index < -0.39 is 56.5 Å². The Labute approximate surface area is 158 Å². The fraction of sp³-hybridized carbons (Fsp3) is 0.714. The van der Waals surface area contributed by atoms with Crippen LogP contribution in [0.3, 0.4) is 0 Å². The highest BCUT2D eigenvalue weighted by molar-refractivity contribution is 7.88. The van der Waals surface area contributed by atoms with Gasteiger partial charge in [0.25, 0.3) is 0 Å². The van der Waals surface area contributed by atoms with E-state index in [1.165, 1.54) is 26.0 Å². The van der Waals surface area contributed by atoms with Crippen LogP contribution >= 0.6 is 0 Å². The number of alkyl halides is 9. The summed E-state index contributed by atoms with van der Waals surface area (Å²) in [7, 11) is -6.14. The largest absolute Gasteiger partial charge is 0.460 e. The van der Waals surface area contributed by atoms with Gasteiger partial charge in [-0.05, 0) is 19.9 Å². The molecule has 2 aliphatic heterocycles. The molecule has 0 spiro atoms. The zero-order chi connectivity index (χ0) is 22.9. The Hall–Kier alpha value is -1.48. The lowest BCUT2D eigenvalue weighted by Crippen LogP contribution is -2.63. The average Bonchev–Trinajstić information content (AvgIpc) is 2.76. The van der Waals surface area contributed by atoms with Gasteiger partial charge >= 0.3 is 33.4 Å². The Kier molecular flexibility index (Phi) is 5.14. The maximum atomic E-state index is 13.8. The highest BCUT2D eigenvalue weighted by atomic mass is 32.2. The molecule has 15 heteroatoms. The van der Waals surface area contributed by atoms with Crippen LogP contribution in [0, 0.1) is 0 Å². The average molecular weight is 464 g/mol. The van der Waals surface area contributed by atoms with Crippen LogP contribution in [0.4, 0.5) is 39.5 Å². The van der Waals surface area contributed by atoms with Gasteiger partial charge < -0.3 is 13.7 Å². The maximum absolute atomic E-state index is 13.8. The molecule has 168 valence electrons. The van der Waals surface area contributed by atoms with Gasteiger partial charge in [0, 0.05) is 7.11 Å². The summed E-state index contributed by atoms with van der Waals surface area (Å²) in [6.45, 7) is 2.55. The molecule has 2 heterocycles. The monoisotopic (exact) mass is 464 g/mol. The van der Waals surface area contributed by atoms with Crippen LogP contribution in [0.25, 0.3) is 0 Å². The van der Waals surface area contributed by atoms with E-state index in [0.29, 0.717) is 0 Å². The zero-order valence-corrected chi connectivity index (χ0v) is 15.5. The summed E-state index contributed by atoms with van der Waals surface area (Å²) in [4.78, 5) is 0. The van der Waals surface area contributed by atoms with Gasteiger partial charge in [-0.25, -0.2) is 0 Å². The lowest BCUT2D eigenvalue weighted by atomic mass is 9.95. The predicted molar refractivity (Wildman–Crippen MR) is 76.8 cm³/mol. The number of ether oxygens (including phenoxy) is 2. The van der Waals surface area contributed by atoms with Crippen molar-refractivity contribution in [2.75, 3.05) is 7.11 Å². The first-order chi connectivity index (χ1) is 12.7. The smallest absolute Gasteiger partial charge is 0.380 e. The van der Waals surface area contributed by atoms with Gasteiger partial charge in [-0.3, -0.25) is 0 Å². The second kappa shape index (κ2) is 6.26. The van der Waals surface area contributed by atoms with Crippen molar-refractivity contribution >= 4 is 10.1 Å². The first-order valence-electron chi connectivity index (χ1n) is 7.48. The SMILES string of the molecule is CO[C@@H]1C(OS(=O)(=O)C(F)(F)C(F)(F)C(F)(F)C(F)(F)F)=C[C@]2(C)C=C[C@@]1(C)O2. The van der Waals surface area contributed by atoms with E-state index in [-0.39, 0.29) is 0 Å². The Morgan fingerprint density at radius 1 is 0.966 bits per heavy atom. The molecule has 0 saturated carbocycles. The Morgan fingerprint density at radius 3 is 1.93 bits per heavy atom. The Balaban J connectivity index is 2.49. The summed E-state index contributed by atoms with van der Waals surface area (Å²) in [5.74, 6) is -15.8. The van der Waals surface area contributed by atoms with Crippen molar-refractivity contribution in [1.29, 1.82) is 0 Å². The number of fused-ring (bicyclic) bond motifs is 2. The topological polar surface area (TPSA) is 61.8 Å². The van der Waals surface area contributed by atoms with E-state index in [0.717, 1.165) is 13.2 Å². The van der Waals surface area contributed by atoms with Crippen molar-refractivity contribution in [1.82, 2.24) is 0 Å². The van der Waals surface area contributed by atoms with E-state index in [2.05, 4.69) is 4.18 Å². The van der Waals surface area contributed by atoms with Gasteiger partial charge in [0.05, 0.1) is 0 Å². The highest BCUT2D eigenvalue weighted by Gasteiger charge is 2.86. The van der Waals surface area contributed by atoms with Gasteiger partial charge in [0.15, 0.2) is 5.76 Å². The minimum atomic E-state index is -7.39. The molecule has 2 aliphatic rings. The standard InChI is InChI=1S/C14H13F9O5S/c1-9-4-5-10(2,28-9)8(26-3)7(6-9)27-29(24,25)14(22,23)12(17,18)11(15,16)13(19,20)21/h4-6,8H,1-3H3/t8-,9+,10-/m1/s1. The molecule has 0 fully saturated rings. The van der Waals surface area contributed by atoms with Gasteiger partial charge in [-0.15, -0.1) is 0 Å². The van der Waals surface area contributed by atoms with Crippen molar-refractivity contribution in [3.63, 3.8) is 0 Å². The third kappa shape index (κ3) is 3.30. The summed E-state index contributed by atoms with van der Waals surface area (Å²) in [5, 5.41) is -6.97. The summed E-state index contributed by atoms with van der Waals surface area (Å²) in [6, 6.07) is 0. The highest BCUT2D eigenvalue weighted by Crippen LogP contribution is 2.55. The lowest BCUT2D eigenvalue weighted by Gasteiger charge is -2.40. The summed E-state index contributed by atoms with van der Waals surface area (Å²) in [5.41, 5.74) is -3.00. The fourth-order valence-electron chi connectivity index (χ4n) is 2.85. The van der Waals surface area contributed by atoms with E-state index in [4.69, 9.17) is 9.47 Å². The van der Waals surface area contributed by atoms with Crippen molar-refractivity contribution in [3.05, 3.63) is 24.0 Å². The van der Waals surface area contributed by atoms with Crippen molar-refractivity contribution in [3.8, 4) is 0 Å². The first kappa shape index (κ1) is 23.8. The molecule has 0 aliphatic carbocycles. The van der Waals surface area contributed by atoms with Crippen LogP contribution in [0.15, 0.2) is 24.0 Å². The molecule has 2 rings (SSSR count). The van der Waals surface area contributed by atoms with Crippen molar-refractivity contribution in [2.45, 2.75) is 54.4 Å². The van der Waals surface area contributed by atoms with Gasteiger partial charge in [-0.2, -0.15) is 47.9 Å². The number of halogens is 9. The third-order valence-electron chi connectivity index (χ3n) is 4.26. The molecule has 5 nitrogen and oxygen atoms in total. The van der Waals surface area contributed by atoms with Gasteiger partial charge in [0.1, 0.15) is 17.3 Å². The molecule has 0 aromatic rings. The quantitative estimate of drug-likeness (QED) is 0.340. The minimum absolute atomic E-state index is 0.722. The normalized spacial score (nSPS) is 31.0. The Morgan fingerprint density at radius 2 is 1.48 bits per heavy atom. The molecular weight excluding hydrogens is 451 g/mol. The van der Waals surface area contributed by atoms with E-state index >= 15 is 0 Å². The van der Waals surface area contributed by atoms with Gasteiger partial charge in [-0.1, -0.05) is 12.2 Å². The summed E-state index contributed by atoms with van der Waals surface area (Å²) in [6.07, 6.45) is -5.46. The zero-order valence-electron chi connectivity index (χ0n) is 14.7. The Bertz CT molecular complexity index is 848. The maximum Gasteiger partial charge on any atom is 0.460 e. The number of hydrogen-bond donors (Lipinski definition) is 0. The molecule has 0 amide bonds. The predicted octanol–water partition coefficient (Wildman–Crippen LogP) is 3.77. The molecule has 0 saturated heterocycles. The van der Waals surface area contributed by atoms with Crippen molar-refractivity contribution in [2.24, 2.45) is 0 Å². The van der Waals surface area contributed by atoms with E-state index in [1.54, 1.807) is 0 Å². The summed E-state index contributed by atoms with van der Waals surface area (Å²) < 4.78 is 155. The molecule has 0 radical (unpaired) electrons. The van der Waals surface area contributed by atoms with Crippen LogP contribution < -0.4 is 0 Å². The number of rotatable bonds is 6. The van der Waals surface area contributed by atoms with Gasteiger partial charge in [0.2, 0.25) is 0 Å². The number of methoxy groups -OCH3 is 1. The molecule has 0 N–H and O–H groups in total. The molecular formula is C14H13F9O5S. The third-order valence-corrected chi connectivity index (χ3v) is 5.56. The molecule has 29 heavy (non-hydrogen) atoms. The van der Waals surface area contributed by atoms with Crippen molar-refractivity contribution < 1.29 is 61.6 Å². The second-order valence-corrected chi connectivity index (χ2v) is 8.25. The fourth-order valence-corrected chi connectivity index (χ4v) is 3.78. The molecule has 3 atom stereocenters. The van der Waals surface area contributed by atoms with Crippen LogP contribution in [-0.4, -0.2) is 56.1 Å². The molecule has 0 aromatic carbocycles. The molecule has 0 unspecified atom stereocenters. The summed E-state index contributed by atoms with van der Waals surface area (Å²) >= 11 is 0. The molecule has 0 aromatic heterocycles.